The fourth-order valence-corrected chi connectivity index (χ4v) is 9.32. The van der Waals surface area contributed by atoms with Crippen molar-refractivity contribution in [2.24, 2.45) is 17.1 Å². The highest BCUT2D eigenvalue weighted by Crippen LogP contribution is 2.51. The maximum absolute atomic E-state index is 14.3. The van der Waals surface area contributed by atoms with E-state index in [-0.39, 0.29) is 24.1 Å². The Morgan fingerprint density at radius 3 is 2.15 bits per heavy atom. The molecule has 3 fully saturated rings. The summed E-state index contributed by atoms with van der Waals surface area (Å²) in [6.07, 6.45) is 3.09. The lowest BCUT2D eigenvalue weighted by atomic mass is 9.86. The van der Waals surface area contributed by atoms with Gasteiger partial charge in [0.25, 0.3) is 5.91 Å². The Labute approximate surface area is 277 Å². The number of hydrogen-bond acceptors (Lipinski definition) is 7. The summed E-state index contributed by atoms with van der Waals surface area (Å²) in [5, 5.41) is 2.48. The van der Waals surface area contributed by atoms with Crippen LogP contribution < -0.4 is 15.8 Å². The molecule has 1 heterocycles. The van der Waals surface area contributed by atoms with E-state index in [0.29, 0.717) is 19.3 Å². The molecule has 0 aromatic heterocycles. The van der Waals surface area contributed by atoms with Gasteiger partial charge < -0.3 is 16.0 Å². The molecule has 2 aliphatic carbocycles. The van der Waals surface area contributed by atoms with E-state index in [1.54, 1.807) is 22.7 Å². The van der Waals surface area contributed by atoms with Gasteiger partial charge >= 0.3 is 0 Å². The second-order valence-electron chi connectivity index (χ2n) is 14.3. The van der Waals surface area contributed by atoms with Crippen molar-refractivity contribution in [2.75, 3.05) is 6.54 Å². The van der Waals surface area contributed by atoms with Crippen LogP contribution in [0.15, 0.2) is 67.3 Å². The molecule has 0 spiro atoms. The van der Waals surface area contributed by atoms with Gasteiger partial charge in [-0.25, -0.2) is 8.42 Å². The van der Waals surface area contributed by atoms with Crippen molar-refractivity contribution in [1.29, 1.82) is 0 Å². The van der Waals surface area contributed by atoms with Crippen LogP contribution in [0.2, 0.25) is 0 Å². The second-order valence-corrected chi connectivity index (χ2v) is 18.2. The number of likely N-dealkylation sites (tertiary alicyclic amines) is 1. The number of rotatable bonds is 11. The van der Waals surface area contributed by atoms with Gasteiger partial charge in [-0.05, 0) is 53.0 Å². The number of benzene rings is 2. The Morgan fingerprint density at radius 2 is 1.63 bits per heavy atom. The molecule has 9 nitrogen and oxygen atoms in total. The topological polar surface area (TPSA) is 139 Å². The first kappa shape index (κ1) is 34.2. The zero-order chi connectivity index (χ0) is 33.7. The quantitative estimate of drug-likeness (QED) is 0.304. The lowest BCUT2D eigenvalue weighted by Gasteiger charge is -2.34. The van der Waals surface area contributed by atoms with Crippen molar-refractivity contribution < 1.29 is 22.8 Å². The minimum absolute atomic E-state index is 0.169. The van der Waals surface area contributed by atoms with E-state index >= 15 is 0 Å². The average molecular weight is 667 g/mol. The monoisotopic (exact) mass is 666 g/mol. The summed E-state index contributed by atoms with van der Waals surface area (Å²) in [6, 6.07) is 16.5. The second kappa shape index (κ2) is 12.5. The maximum Gasteiger partial charge on any atom is 0.259 e. The van der Waals surface area contributed by atoms with Gasteiger partial charge in [0.15, 0.2) is 0 Å². The van der Waals surface area contributed by atoms with Gasteiger partial charge in [0, 0.05) is 12.5 Å². The van der Waals surface area contributed by atoms with E-state index in [0.717, 1.165) is 16.7 Å². The van der Waals surface area contributed by atoms with Crippen LogP contribution in [0.1, 0.15) is 65.9 Å². The Hall–Kier alpha value is -3.15. The Morgan fingerprint density at radius 1 is 1.02 bits per heavy atom. The van der Waals surface area contributed by atoms with Crippen molar-refractivity contribution >= 4 is 39.5 Å². The molecule has 46 heavy (non-hydrogen) atoms. The molecule has 3 aliphatic rings. The van der Waals surface area contributed by atoms with Crippen molar-refractivity contribution in [2.45, 2.75) is 93.2 Å². The third-order valence-electron chi connectivity index (χ3n) is 9.34. The van der Waals surface area contributed by atoms with Crippen LogP contribution in [0.3, 0.4) is 0 Å². The maximum atomic E-state index is 14.3. The van der Waals surface area contributed by atoms with Gasteiger partial charge in [0.2, 0.25) is 21.8 Å². The number of hydrogen-bond donors (Lipinski definition) is 3. The summed E-state index contributed by atoms with van der Waals surface area (Å²) in [4.78, 5) is 43.4. The Kier molecular flexibility index (Phi) is 9.27. The highest BCUT2D eigenvalue weighted by atomic mass is 32.2. The lowest BCUT2D eigenvalue weighted by Crippen LogP contribution is -2.59. The molecule has 1 aliphatic heterocycles. The minimum Gasteiger partial charge on any atom is -0.339 e. The van der Waals surface area contributed by atoms with Crippen molar-refractivity contribution in [3.05, 3.63) is 72.8 Å². The Bertz CT molecular complexity index is 1600. The molecule has 4 N–H and O–H groups in total. The van der Waals surface area contributed by atoms with E-state index in [2.05, 4.69) is 54.7 Å². The molecule has 0 radical (unpaired) electrons. The predicted molar refractivity (Wildman–Crippen MR) is 183 cm³/mol. The summed E-state index contributed by atoms with van der Waals surface area (Å²) in [5.74, 6) is -2.05. The fourth-order valence-electron chi connectivity index (χ4n) is 6.32. The first-order valence-corrected chi connectivity index (χ1v) is 18.4. The van der Waals surface area contributed by atoms with Crippen LogP contribution in [-0.4, -0.2) is 65.7 Å². The molecular weight excluding hydrogens is 621 g/mol. The molecule has 3 amide bonds. The van der Waals surface area contributed by atoms with Crippen LogP contribution in [0.5, 0.6) is 0 Å². The van der Waals surface area contributed by atoms with E-state index in [1.807, 2.05) is 51.1 Å². The number of sulfonamides is 1. The van der Waals surface area contributed by atoms with Crippen LogP contribution in [0.25, 0.3) is 11.1 Å². The minimum atomic E-state index is -3.83. The number of carbonyl (C=O) groups is 3. The van der Waals surface area contributed by atoms with Crippen LogP contribution >= 0.6 is 11.8 Å². The standard InChI is InChI=1S/C35H46N4O5S2/c1-7-25-19-35(25,32(42)38-46(43,44)27-17-18-27)37-30(40)28-20-34(45-22(2)3,21-39(28)31(41)29(36)33(4,5)6)26-15-13-24(14-16-26)23-11-9-8-10-12-23/h7-16,22,25,27-29H,1,17-21,36H2,2-6H3,(H,37,40)(H,38,42)/t25-,28+,29?,34+,35-/m1/s1. The summed E-state index contributed by atoms with van der Waals surface area (Å²) in [5.41, 5.74) is 7.63. The van der Waals surface area contributed by atoms with E-state index in [1.165, 1.54) is 0 Å². The molecule has 2 aromatic rings. The molecule has 1 unspecified atom stereocenters. The van der Waals surface area contributed by atoms with Crippen molar-refractivity contribution in [3.63, 3.8) is 0 Å². The van der Waals surface area contributed by atoms with Gasteiger partial charge in [-0.15, -0.1) is 18.3 Å². The smallest absolute Gasteiger partial charge is 0.259 e. The fraction of sp³-hybridized carbons (Fsp3) is 0.514. The first-order chi connectivity index (χ1) is 21.5. The molecule has 248 valence electrons. The Balaban J connectivity index is 1.49. The van der Waals surface area contributed by atoms with Crippen LogP contribution in [0, 0.1) is 11.3 Å². The summed E-state index contributed by atoms with van der Waals surface area (Å²) in [7, 11) is -3.83. The predicted octanol–water partition coefficient (Wildman–Crippen LogP) is 4.33. The van der Waals surface area contributed by atoms with Gasteiger partial charge in [0.05, 0.1) is 16.0 Å². The van der Waals surface area contributed by atoms with Gasteiger partial charge in [-0.2, -0.15) is 0 Å². The van der Waals surface area contributed by atoms with E-state index in [9.17, 15) is 22.8 Å². The SMILES string of the molecule is C=C[C@@H]1C[C@]1(NC(=O)[C@@H]1C[C@@](SC(C)C)(c2ccc(-c3ccccc3)cc2)CN1C(=O)C(N)C(C)(C)C)C(=O)NS(=O)(=O)C1CC1. The largest absolute Gasteiger partial charge is 0.339 e. The zero-order valence-electron chi connectivity index (χ0n) is 27.3. The number of nitrogens with one attached hydrogen (secondary N) is 2. The first-order valence-electron chi connectivity index (χ1n) is 15.9. The molecule has 2 saturated carbocycles. The summed E-state index contributed by atoms with van der Waals surface area (Å²) < 4.78 is 26.9. The zero-order valence-corrected chi connectivity index (χ0v) is 28.9. The molecule has 0 bridgehead atoms. The molecule has 2 aromatic carbocycles. The molecule has 5 atom stereocenters. The number of carbonyl (C=O) groups excluding carboxylic acids is 3. The third-order valence-corrected chi connectivity index (χ3v) is 12.6. The molecule has 5 rings (SSSR count). The highest BCUT2D eigenvalue weighted by Gasteiger charge is 2.62. The highest BCUT2D eigenvalue weighted by molar-refractivity contribution is 8.00. The van der Waals surface area contributed by atoms with Gasteiger partial charge in [0.1, 0.15) is 11.6 Å². The van der Waals surface area contributed by atoms with Gasteiger partial charge in [-0.3, -0.25) is 19.1 Å². The summed E-state index contributed by atoms with van der Waals surface area (Å²) in [6.45, 7) is 13.9. The van der Waals surface area contributed by atoms with Crippen LogP contribution in [-0.2, 0) is 29.2 Å². The van der Waals surface area contributed by atoms with Crippen LogP contribution in [0.4, 0.5) is 0 Å². The number of nitrogens with zero attached hydrogens (tertiary/aromatic N) is 1. The number of amides is 3. The number of thioether (sulfide) groups is 1. The van der Waals surface area contributed by atoms with E-state index in [4.69, 9.17) is 5.73 Å². The molecule has 1 saturated heterocycles. The van der Waals surface area contributed by atoms with Crippen molar-refractivity contribution in [3.8, 4) is 11.1 Å². The normalized spacial score (nSPS) is 26.8. The molecular formula is C35H46N4O5S2. The summed E-state index contributed by atoms with van der Waals surface area (Å²) >= 11 is 1.70. The van der Waals surface area contributed by atoms with Gasteiger partial charge in [-0.1, -0.05) is 95.3 Å². The lowest BCUT2D eigenvalue weighted by molar-refractivity contribution is -0.142. The van der Waals surface area contributed by atoms with Crippen molar-refractivity contribution in [1.82, 2.24) is 14.9 Å². The average Bonchev–Trinajstić information content (AvgIpc) is 3.93. The third kappa shape index (κ3) is 6.78. The molecule has 11 heteroatoms. The van der Waals surface area contributed by atoms with E-state index < -0.39 is 60.8 Å². The number of nitrogens with two attached hydrogens (primary N) is 1.